The van der Waals surface area contributed by atoms with Crippen molar-refractivity contribution in [3.8, 4) is 6.07 Å². The second-order valence-electron chi connectivity index (χ2n) is 3.57. The molecule has 1 atom stereocenters. The van der Waals surface area contributed by atoms with E-state index in [1.54, 1.807) is 0 Å². The van der Waals surface area contributed by atoms with Gasteiger partial charge in [-0.05, 0) is 12.1 Å². The van der Waals surface area contributed by atoms with Gasteiger partial charge >= 0.3 is 0 Å². The number of nitrogens with one attached hydrogen (secondary N) is 1. The van der Waals surface area contributed by atoms with E-state index >= 15 is 0 Å². The van der Waals surface area contributed by atoms with Crippen molar-refractivity contribution in [1.29, 1.82) is 5.26 Å². The van der Waals surface area contributed by atoms with E-state index in [-0.39, 0.29) is 6.10 Å². The van der Waals surface area contributed by atoms with Crippen LogP contribution in [0.2, 0.25) is 0 Å². The Kier molecular flexibility index (Phi) is 3.22. The number of hydrogen-bond acceptors (Lipinski definition) is 5. The number of nitrogens with zero attached hydrogens (tertiary/aromatic N) is 3. The van der Waals surface area contributed by atoms with E-state index in [0.717, 1.165) is 18.2 Å². The van der Waals surface area contributed by atoms with Crippen molar-refractivity contribution < 1.29 is 4.74 Å². The molecule has 1 N–H and O–H groups in total. The fourth-order valence-corrected chi connectivity index (χ4v) is 1.67. The van der Waals surface area contributed by atoms with Crippen LogP contribution in [0.4, 0.5) is 11.6 Å². The summed E-state index contributed by atoms with van der Waals surface area (Å²) in [5.41, 5.74) is 0. The summed E-state index contributed by atoms with van der Waals surface area (Å²) in [5, 5.41) is 11.8. The standard InChI is InChI=1S/C11H14N4O/c1-13-10-3-2-4-11(14-10)15-5-6-16-9(7-12)8-15/h2-4,9H,5-6,8H2,1H3,(H,13,14). The molecule has 1 aliphatic heterocycles. The molecule has 1 fully saturated rings. The van der Waals surface area contributed by atoms with Crippen LogP contribution in [-0.2, 0) is 4.74 Å². The number of pyridine rings is 1. The van der Waals surface area contributed by atoms with Gasteiger partial charge in [-0.15, -0.1) is 0 Å². The molecule has 2 rings (SSSR count). The van der Waals surface area contributed by atoms with Crippen LogP contribution >= 0.6 is 0 Å². The van der Waals surface area contributed by atoms with Crippen LogP contribution in [-0.4, -0.2) is 37.8 Å². The molecule has 0 aromatic carbocycles. The number of ether oxygens (including phenoxy) is 1. The normalized spacial score (nSPS) is 20.2. The van der Waals surface area contributed by atoms with Crippen LogP contribution in [0.15, 0.2) is 18.2 Å². The molecule has 0 aliphatic carbocycles. The molecule has 2 heterocycles. The maximum absolute atomic E-state index is 8.82. The highest BCUT2D eigenvalue weighted by Crippen LogP contribution is 2.16. The van der Waals surface area contributed by atoms with Gasteiger partial charge in [0.1, 0.15) is 11.6 Å². The molecule has 84 valence electrons. The summed E-state index contributed by atoms with van der Waals surface area (Å²) >= 11 is 0. The zero-order valence-corrected chi connectivity index (χ0v) is 9.18. The first kappa shape index (κ1) is 10.7. The lowest BCUT2D eigenvalue weighted by molar-refractivity contribution is 0.0761. The van der Waals surface area contributed by atoms with Crippen molar-refractivity contribution in [3.05, 3.63) is 18.2 Å². The first-order valence-corrected chi connectivity index (χ1v) is 5.24. The lowest BCUT2D eigenvalue weighted by Gasteiger charge is -2.30. The molecule has 1 aromatic rings. The van der Waals surface area contributed by atoms with Gasteiger partial charge in [-0.1, -0.05) is 6.07 Å². The van der Waals surface area contributed by atoms with E-state index in [2.05, 4.69) is 21.3 Å². The molecule has 1 aromatic heterocycles. The Morgan fingerprint density at radius 1 is 1.62 bits per heavy atom. The molecule has 16 heavy (non-hydrogen) atoms. The topological polar surface area (TPSA) is 61.2 Å². The lowest BCUT2D eigenvalue weighted by Crippen LogP contribution is -2.42. The Bertz CT molecular complexity index is 401. The summed E-state index contributed by atoms with van der Waals surface area (Å²) in [4.78, 5) is 6.50. The summed E-state index contributed by atoms with van der Waals surface area (Å²) in [6.07, 6.45) is -0.353. The number of rotatable bonds is 2. The monoisotopic (exact) mass is 218 g/mol. The predicted octanol–water partition coefficient (Wildman–Crippen LogP) is 0.852. The average Bonchev–Trinajstić information content (AvgIpc) is 2.39. The molecule has 0 bridgehead atoms. The van der Waals surface area contributed by atoms with Crippen molar-refractivity contribution in [1.82, 2.24) is 4.98 Å². The Labute approximate surface area is 94.7 Å². The van der Waals surface area contributed by atoms with Crippen LogP contribution in [0.1, 0.15) is 0 Å². The van der Waals surface area contributed by atoms with Gasteiger partial charge in [0.05, 0.1) is 19.2 Å². The summed E-state index contributed by atoms with van der Waals surface area (Å²) < 4.78 is 5.29. The largest absolute Gasteiger partial charge is 0.373 e. The van der Waals surface area contributed by atoms with Crippen molar-refractivity contribution in [2.45, 2.75) is 6.10 Å². The molecule has 0 radical (unpaired) electrons. The summed E-state index contributed by atoms with van der Waals surface area (Å²) in [6.45, 7) is 1.93. The minimum absolute atomic E-state index is 0.353. The van der Waals surface area contributed by atoms with Gasteiger partial charge in [-0.2, -0.15) is 5.26 Å². The smallest absolute Gasteiger partial charge is 0.161 e. The van der Waals surface area contributed by atoms with Gasteiger partial charge in [0.25, 0.3) is 0 Å². The van der Waals surface area contributed by atoms with Crippen LogP contribution < -0.4 is 10.2 Å². The fourth-order valence-electron chi connectivity index (χ4n) is 1.67. The van der Waals surface area contributed by atoms with Crippen molar-refractivity contribution >= 4 is 11.6 Å². The van der Waals surface area contributed by atoms with Gasteiger partial charge in [0, 0.05) is 13.6 Å². The van der Waals surface area contributed by atoms with E-state index < -0.39 is 0 Å². The SMILES string of the molecule is CNc1cccc(N2CCOC(C#N)C2)n1. The zero-order valence-electron chi connectivity index (χ0n) is 9.18. The van der Waals surface area contributed by atoms with Gasteiger partial charge in [0.15, 0.2) is 6.10 Å². The molecule has 5 heteroatoms. The third kappa shape index (κ3) is 2.23. The molecule has 0 saturated carbocycles. The molecule has 1 saturated heterocycles. The van der Waals surface area contributed by atoms with Crippen LogP contribution in [0.5, 0.6) is 0 Å². The number of hydrogen-bond donors (Lipinski definition) is 1. The highest BCUT2D eigenvalue weighted by molar-refractivity contribution is 5.47. The molecular formula is C11H14N4O. The quantitative estimate of drug-likeness (QED) is 0.797. The molecule has 1 aliphatic rings. The second-order valence-corrected chi connectivity index (χ2v) is 3.57. The van der Waals surface area contributed by atoms with Crippen molar-refractivity contribution in [2.24, 2.45) is 0 Å². The molecule has 0 spiro atoms. The van der Waals surface area contributed by atoms with Gasteiger partial charge in [-0.25, -0.2) is 4.98 Å². The van der Waals surface area contributed by atoms with Crippen LogP contribution in [0.25, 0.3) is 0 Å². The zero-order chi connectivity index (χ0) is 11.4. The number of anilines is 2. The van der Waals surface area contributed by atoms with E-state index in [0.29, 0.717) is 13.2 Å². The van der Waals surface area contributed by atoms with Gasteiger partial charge in [-0.3, -0.25) is 0 Å². The van der Waals surface area contributed by atoms with E-state index in [4.69, 9.17) is 10.00 Å². The summed E-state index contributed by atoms with van der Waals surface area (Å²) in [6, 6.07) is 7.93. The first-order chi connectivity index (χ1) is 7.83. The Morgan fingerprint density at radius 2 is 2.50 bits per heavy atom. The number of morpholine rings is 1. The second kappa shape index (κ2) is 4.81. The third-order valence-corrected chi connectivity index (χ3v) is 2.52. The minimum Gasteiger partial charge on any atom is -0.373 e. The Hall–Kier alpha value is -1.80. The van der Waals surface area contributed by atoms with Crippen molar-refractivity contribution in [3.63, 3.8) is 0 Å². The van der Waals surface area contributed by atoms with Gasteiger partial charge in [0.2, 0.25) is 0 Å². The summed E-state index contributed by atoms with van der Waals surface area (Å²) in [7, 11) is 1.84. The Balaban J connectivity index is 2.14. The lowest BCUT2D eigenvalue weighted by atomic mass is 10.3. The summed E-state index contributed by atoms with van der Waals surface area (Å²) in [5.74, 6) is 1.72. The predicted molar refractivity (Wildman–Crippen MR) is 61.3 cm³/mol. The van der Waals surface area contributed by atoms with E-state index in [1.165, 1.54) is 0 Å². The maximum atomic E-state index is 8.82. The average molecular weight is 218 g/mol. The third-order valence-electron chi connectivity index (χ3n) is 2.52. The van der Waals surface area contributed by atoms with E-state index in [9.17, 15) is 0 Å². The number of aromatic nitrogens is 1. The van der Waals surface area contributed by atoms with E-state index in [1.807, 2.05) is 25.2 Å². The number of nitriles is 1. The maximum Gasteiger partial charge on any atom is 0.161 e. The van der Waals surface area contributed by atoms with Crippen LogP contribution in [0, 0.1) is 11.3 Å². The van der Waals surface area contributed by atoms with Crippen molar-refractivity contribution in [2.75, 3.05) is 37.0 Å². The highest BCUT2D eigenvalue weighted by Gasteiger charge is 2.20. The van der Waals surface area contributed by atoms with Gasteiger partial charge < -0.3 is 15.0 Å². The fraction of sp³-hybridized carbons (Fsp3) is 0.455. The minimum atomic E-state index is -0.353. The molecule has 0 amide bonds. The highest BCUT2D eigenvalue weighted by atomic mass is 16.5. The molecular weight excluding hydrogens is 204 g/mol. The molecule has 5 nitrogen and oxygen atoms in total. The Morgan fingerprint density at radius 3 is 3.25 bits per heavy atom. The van der Waals surface area contributed by atoms with Crippen LogP contribution in [0.3, 0.4) is 0 Å². The first-order valence-electron chi connectivity index (χ1n) is 5.24. The molecule has 1 unspecified atom stereocenters.